The molecule has 124 valence electrons. The zero-order valence-electron chi connectivity index (χ0n) is 14.1. The van der Waals surface area contributed by atoms with Gasteiger partial charge in [0.2, 0.25) is 0 Å². The number of pyridine rings is 2. The van der Waals surface area contributed by atoms with Crippen molar-refractivity contribution in [1.29, 1.82) is 0 Å². The first-order chi connectivity index (χ1) is 12.1. The van der Waals surface area contributed by atoms with Gasteiger partial charge in [-0.3, -0.25) is 9.78 Å². The minimum Gasteiger partial charge on any atom is -0.455 e. The Hall–Kier alpha value is -3.14. The topological polar surface area (TPSA) is 48.0 Å². The summed E-state index contributed by atoms with van der Waals surface area (Å²) in [4.78, 5) is 16.4. The number of furan rings is 1. The molecule has 0 aliphatic heterocycles. The minimum atomic E-state index is -0.00839. The minimum absolute atomic E-state index is 0.00839. The van der Waals surface area contributed by atoms with Crippen molar-refractivity contribution in [3.63, 3.8) is 0 Å². The van der Waals surface area contributed by atoms with E-state index in [4.69, 9.17) is 4.42 Å². The molecule has 0 unspecified atom stereocenters. The van der Waals surface area contributed by atoms with Crippen LogP contribution in [0.3, 0.4) is 0 Å². The fraction of sp³-hybridized carbons (Fsp3) is 0.143. The molecule has 0 atom stereocenters. The SMILES string of the molecule is CC(C)n1cc(-c2c(-c3ccccc3)oc3ccncc23)ccc1=O. The molecule has 4 heteroatoms. The van der Waals surface area contributed by atoms with E-state index in [-0.39, 0.29) is 11.6 Å². The summed E-state index contributed by atoms with van der Waals surface area (Å²) in [5.41, 5.74) is 3.68. The molecule has 3 aromatic heterocycles. The van der Waals surface area contributed by atoms with E-state index < -0.39 is 0 Å². The summed E-state index contributed by atoms with van der Waals surface area (Å²) in [7, 11) is 0. The summed E-state index contributed by atoms with van der Waals surface area (Å²) >= 11 is 0. The second-order valence-electron chi connectivity index (χ2n) is 6.30. The average molecular weight is 330 g/mol. The van der Waals surface area contributed by atoms with Crippen LogP contribution in [0.25, 0.3) is 33.4 Å². The first-order valence-corrected chi connectivity index (χ1v) is 8.29. The van der Waals surface area contributed by atoms with Crippen LogP contribution >= 0.6 is 0 Å². The highest BCUT2D eigenvalue weighted by Gasteiger charge is 2.18. The summed E-state index contributed by atoms with van der Waals surface area (Å²) in [5, 5.41) is 0.940. The highest BCUT2D eigenvalue weighted by molar-refractivity contribution is 6.01. The van der Waals surface area contributed by atoms with Gasteiger partial charge in [0.05, 0.1) is 0 Å². The Balaban J connectivity index is 2.04. The summed E-state index contributed by atoms with van der Waals surface area (Å²) in [6.45, 7) is 4.00. The van der Waals surface area contributed by atoms with E-state index in [1.54, 1.807) is 16.8 Å². The van der Waals surface area contributed by atoms with E-state index in [0.29, 0.717) is 0 Å². The lowest BCUT2D eigenvalue weighted by Crippen LogP contribution is -2.20. The number of nitrogens with zero attached hydrogens (tertiary/aromatic N) is 2. The van der Waals surface area contributed by atoms with Gasteiger partial charge in [-0.2, -0.15) is 0 Å². The Kier molecular flexibility index (Phi) is 3.73. The maximum Gasteiger partial charge on any atom is 0.250 e. The van der Waals surface area contributed by atoms with Gasteiger partial charge in [0, 0.05) is 52.8 Å². The van der Waals surface area contributed by atoms with Crippen LogP contribution in [0.2, 0.25) is 0 Å². The normalized spacial score (nSPS) is 11.3. The summed E-state index contributed by atoms with van der Waals surface area (Å²) in [6, 6.07) is 15.4. The van der Waals surface area contributed by atoms with Gasteiger partial charge in [0.1, 0.15) is 11.3 Å². The zero-order valence-corrected chi connectivity index (χ0v) is 14.1. The Morgan fingerprint density at radius 3 is 2.56 bits per heavy atom. The average Bonchev–Trinajstić information content (AvgIpc) is 3.02. The lowest BCUT2D eigenvalue weighted by molar-refractivity contribution is 0.579. The molecule has 4 aromatic rings. The van der Waals surface area contributed by atoms with E-state index in [1.807, 2.05) is 68.7 Å². The number of hydrogen-bond donors (Lipinski definition) is 0. The van der Waals surface area contributed by atoms with Crippen LogP contribution in [0.1, 0.15) is 19.9 Å². The Morgan fingerprint density at radius 1 is 1.00 bits per heavy atom. The summed E-state index contributed by atoms with van der Waals surface area (Å²) < 4.78 is 7.88. The fourth-order valence-electron chi connectivity index (χ4n) is 3.08. The van der Waals surface area contributed by atoms with Gasteiger partial charge in [-0.1, -0.05) is 30.3 Å². The molecule has 25 heavy (non-hydrogen) atoms. The van der Waals surface area contributed by atoms with Crippen molar-refractivity contribution in [2.45, 2.75) is 19.9 Å². The molecule has 0 aliphatic carbocycles. The molecule has 0 N–H and O–H groups in total. The number of hydrogen-bond acceptors (Lipinski definition) is 3. The van der Waals surface area contributed by atoms with Gasteiger partial charge in [-0.15, -0.1) is 0 Å². The Morgan fingerprint density at radius 2 is 1.80 bits per heavy atom. The predicted molar refractivity (Wildman–Crippen MR) is 99.5 cm³/mol. The van der Waals surface area contributed by atoms with Gasteiger partial charge < -0.3 is 8.98 Å². The number of rotatable bonds is 3. The third kappa shape index (κ3) is 2.66. The molecule has 0 spiro atoms. The summed E-state index contributed by atoms with van der Waals surface area (Å²) in [5.74, 6) is 0.789. The van der Waals surface area contributed by atoms with E-state index in [0.717, 1.165) is 33.4 Å². The molecule has 0 bridgehead atoms. The van der Waals surface area contributed by atoms with Crippen molar-refractivity contribution < 1.29 is 4.42 Å². The van der Waals surface area contributed by atoms with Crippen LogP contribution < -0.4 is 5.56 Å². The third-order valence-electron chi connectivity index (χ3n) is 4.31. The molecule has 0 radical (unpaired) electrons. The molecule has 0 saturated carbocycles. The molecule has 0 fully saturated rings. The number of aromatic nitrogens is 2. The standard InChI is InChI=1S/C21H18N2O2/c1-14(2)23-13-16(8-9-19(23)24)20-17-12-22-11-10-18(17)25-21(20)15-6-4-3-5-7-15/h3-14H,1-2H3. The Labute approximate surface area is 145 Å². The molecule has 0 aliphatic rings. The van der Waals surface area contributed by atoms with Crippen molar-refractivity contribution in [2.24, 2.45) is 0 Å². The van der Waals surface area contributed by atoms with Crippen molar-refractivity contribution in [2.75, 3.05) is 0 Å². The van der Waals surface area contributed by atoms with Crippen LogP contribution in [0.15, 0.2) is 76.3 Å². The second kappa shape index (κ2) is 6.06. The lowest BCUT2D eigenvalue weighted by atomic mass is 10.0. The van der Waals surface area contributed by atoms with Crippen LogP contribution in [-0.2, 0) is 0 Å². The van der Waals surface area contributed by atoms with Crippen LogP contribution in [0.4, 0.5) is 0 Å². The number of benzene rings is 1. The molecule has 1 aromatic carbocycles. The molecular weight excluding hydrogens is 312 g/mol. The monoisotopic (exact) mass is 330 g/mol. The van der Waals surface area contributed by atoms with E-state index >= 15 is 0 Å². The van der Waals surface area contributed by atoms with Gasteiger partial charge in [-0.25, -0.2) is 0 Å². The molecule has 4 rings (SSSR count). The lowest BCUT2D eigenvalue weighted by Gasteiger charge is -2.12. The second-order valence-corrected chi connectivity index (χ2v) is 6.30. The first-order valence-electron chi connectivity index (χ1n) is 8.29. The van der Waals surface area contributed by atoms with Crippen LogP contribution in [0, 0.1) is 0 Å². The van der Waals surface area contributed by atoms with Crippen LogP contribution in [-0.4, -0.2) is 9.55 Å². The van der Waals surface area contributed by atoms with E-state index in [1.165, 1.54) is 0 Å². The molecule has 0 amide bonds. The van der Waals surface area contributed by atoms with Gasteiger partial charge in [0.25, 0.3) is 5.56 Å². The smallest absolute Gasteiger partial charge is 0.250 e. The highest BCUT2D eigenvalue weighted by Crippen LogP contribution is 2.40. The maximum atomic E-state index is 12.1. The summed E-state index contributed by atoms with van der Waals surface area (Å²) in [6.07, 6.45) is 5.43. The predicted octanol–water partition coefficient (Wildman–Crippen LogP) is 4.90. The van der Waals surface area contributed by atoms with Gasteiger partial charge >= 0.3 is 0 Å². The molecule has 0 saturated heterocycles. The Bertz CT molecular complexity index is 1090. The van der Waals surface area contributed by atoms with Gasteiger partial charge in [-0.05, 0) is 26.0 Å². The first kappa shape index (κ1) is 15.4. The van der Waals surface area contributed by atoms with Crippen molar-refractivity contribution in [1.82, 2.24) is 9.55 Å². The molecule has 3 heterocycles. The third-order valence-corrected chi connectivity index (χ3v) is 4.31. The number of fused-ring (bicyclic) bond motifs is 1. The maximum absolute atomic E-state index is 12.1. The molecule has 4 nitrogen and oxygen atoms in total. The highest BCUT2D eigenvalue weighted by atomic mass is 16.3. The van der Waals surface area contributed by atoms with E-state index in [9.17, 15) is 4.79 Å². The van der Waals surface area contributed by atoms with Crippen molar-refractivity contribution in [3.8, 4) is 22.5 Å². The van der Waals surface area contributed by atoms with Gasteiger partial charge in [0.15, 0.2) is 0 Å². The zero-order chi connectivity index (χ0) is 17.4. The largest absolute Gasteiger partial charge is 0.455 e. The van der Waals surface area contributed by atoms with Crippen molar-refractivity contribution in [3.05, 3.63) is 77.5 Å². The van der Waals surface area contributed by atoms with Crippen molar-refractivity contribution >= 4 is 11.0 Å². The molecular formula is C21H18N2O2. The van der Waals surface area contributed by atoms with Crippen LogP contribution in [0.5, 0.6) is 0 Å². The fourth-order valence-corrected chi connectivity index (χ4v) is 3.08. The van der Waals surface area contributed by atoms with E-state index in [2.05, 4.69) is 4.98 Å². The quantitative estimate of drug-likeness (QED) is 0.536.